The first-order valence-electron chi connectivity index (χ1n) is 11.7. The highest BCUT2D eigenvalue weighted by atomic mass is 16.5. The van der Waals surface area contributed by atoms with Gasteiger partial charge >= 0.3 is 0 Å². The van der Waals surface area contributed by atoms with Gasteiger partial charge in [0, 0.05) is 16.7 Å². The molecule has 7 rings (SSSR count). The Hall–Kier alpha value is -5.42. The molecule has 0 radical (unpaired) electrons. The van der Waals surface area contributed by atoms with Crippen molar-refractivity contribution in [2.24, 2.45) is 0 Å². The van der Waals surface area contributed by atoms with E-state index in [2.05, 4.69) is 32.1 Å². The number of H-pyrrole nitrogens is 3. The first-order valence-corrected chi connectivity index (χ1v) is 11.7. The molecule has 0 aliphatic carbocycles. The van der Waals surface area contributed by atoms with Crippen LogP contribution in [-0.2, 0) is 0 Å². The summed E-state index contributed by atoms with van der Waals surface area (Å²) in [7, 11) is 1.65. The Morgan fingerprint density at radius 2 is 1.05 bits per heavy atom. The number of aromatic amines is 3. The second-order valence-electron chi connectivity index (χ2n) is 8.79. The normalized spacial score (nSPS) is 11.4. The maximum absolute atomic E-state index is 9.16. The molecule has 8 heteroatoms. The lowest BCUT2D eigenvalue weighted by atomic mass is 10.2. The summed E-state index contributed by atoms with van der Waals surface area (Å²) in [5, 5.41) is 9.16. The minimum atomic E-state index is 0.599. The molecule has 0 unspecified atom stereocenters. The largest absolute Gasteiger partial charge is 0.497 e. The molecular formula is C29H19N7O. The van der Waals surface area contributed by atoms with E-state index in [1.807, 2.05) is 66.7 Å². The van der Waals surface area contributed by atoms with Gasteiger partial charge in [0.1, 0.15) is 23.2 Å². The number of nitrogens with one attached hydrogen (secondary N) is 3. The number of imidazole rings is 3. The number of rotatable bonds is 4. The van der Waals surface area contributed by atoms with Crippen LogP contribution in [0.1, 0.15) is 5.56 Å². The van der Waals surface area contributed by atoms with Crippen molar-refractivity contribution in [3.05, 3.63) is 84.4 Å². The van der Waals surface area contributed by atoms with Gasteiger partial charge in [-0.2, -0.15) is 5.26 Å². The van der Waals surface area contributed by atoms with E-state index in [0.717, 1.165) is 73.0 Å². The topological polar surface area (TPSA) is 119 Å². The van der Waals surface area contributed by atoms with Crippen LogP contribution in [0.2, 0.25) is 0 Å². The van der Waals surface area contributed by atoms with E-state index in [0.29, 0.717) is 5.56 Å². The third-order valence-corrected chi connectivity index (χ3v) is 6.49. The Balaban J connectivity index is 1.23. The summed E-state index contributed by atoms with van der Waals surface area (Å²) in [6.45, 7) is 0. The van der Waals surface area contributed by atoms with E-state index in [9.17, 15) is 0 Å². The molecule has 7 aromatic rings. The van der Waals surface area contributed by atoms with E-state index < -0.39 is 0 Å². The van der Waals surface area contributed by atoms with Crippen LogP contribution < -0.4 is 4.74 Å². The van der Waals surface area contributed by atoms with Crippen molar-refractivity contribution in [2.45, 2.75) is 0 Å². The molecular weight excluding hydrogens is 462 g/mol. The van der Waals surface area contributed by atoms with Gasteiger partial charge < -0.3 is 19.7 Å². The fourth-order valence-electron chi connectivity index (χ4n) is 4.55. The summed E-state index contributed by atoms with van der Waals surface area (Å²) in [5.74, 6) is 3.13. The van der Waals surface area contributed by atoms with Crippen LogP contribution in [0.4, 0.5) is 0 Å². The highest BCUT2D eigenvalue weighted by molar-refractivity contribution is 5.88. The van der Waals surface area contributed by atoms with Gasteiger partial charge in [-0.15, -0.1) is 0 Å². The summed E-state index contributed by atoms with van der Waals surface area (Å²) in [6, 6.07) is 27.5. The predicted molar refractivity (Wildman–Crippen MR) is 143 cm³/mol. The van der Waals surface area contributed by atoms with Gasteiger partial charge in [-0.25, -0.2) is 15.0 Å². The Labute approximate surface area is 210 Å². The average molecular weight is 482 g/mol. The number of methoxy groups -OCH3 is 1. The maximum Gasteiger partial charge on any atom is 0.138 e. The molecule has 4 aromatic carbocycles. The van der Waals surface area contributed by atoms with Crippen molar-refractivity contribution in [2.75, 3.05) is 7.11 Å². The molecule has 3 aromatic heterocycles. The molecule has 0 atom stereocenters. The Bertz CT molecular complexity index is 1990. The molecule has 0 saturated carbocycles. The van der Waals surface area contributed by atoms with Gasteiger partial charge in [-0.05, 0) is 78.9 Å². The van der Waals surface area contributed by atoms with E-state index in [4.69, 9.17) is 20.0 Å². The first-order chi connectivity index (χ1) is 18.2. The van der Waals surface area contributed by atoms with Crippen molar-refractivity contribution < 1.29 is 4.74 Å². The molecule has 0 fully saturated rings. The van der Waals surface area contributed by atoms with Crippen LogP contribution in [0.15, 0.2) is 78.9 Å². The molecule has 0 amide bonds. The smallest absolute Gasteiger partial charge is 0.138 e. The van der Waals surface area contributed by atoms with E-state index in [-0.39, 0.29) is 0 Å². The molecule has 0 spiro atoms. The number of benzene rings is 4. The Morgan fingerprint density at radius 1 is 0.595 bits per heavy atom. The fraction of sp³-hybridized carbons (Fsp3) is 0.0345. The number of hydrogen-bond acceptors (Lipinski definition) is 5. The molecule has 0 aliphatic rings. The van der Waals surface area contributed by atoms with Gasteiger partial charge in [0.25, 0.3) is 0 Å². The third kappa shape index (κ3) is 3.58. The summed E-state index contributed by atoms with van der Waals surface area (Å²) < 4.78 is 5.25. The van der Waals surface area contributed by atoms with Crippen LogP contribution in [-0.4, -0.2) is 37.0 Å². The highest BCUT2D eigenvalue weighted by Crippen LogP contribution is 2.29. The molecule has 3 N–H and O–H groups in total. The molecule has 0 bridgehead atoms. The number of nitrogens with zero attached hydrogens (tertiary/aromatic N) is 4. The number of hydrogen-bond donors (Lipinski definition) is 3. The second kappa shape index (κ2) is 8.07. The van der Waals surface area contributed by atoms with Gasteiger partial charge in [0.2, 0.25) is 0 Å². The number of nitriles is 1. The highest BCUT2D eigenvalue weighted by Gasteiger charge is 2.12. The standard InChI is InChI=1S/C29H19N7O/c1-37-20-7-3-17(4-8-20)27-31-22-10-5-19(13-25(22)35-27)29-33-23-11-6-18(14-26(23)36-29)28-32-21-9-2-16(15-30)12-24(21)34-28/h2-14H,1H3,(H,31,35)(H,32,34)(H,33,36). The lowest BCUT2D eigenvalue weighted by Crippen LogP contribution is -1.83. The quantitative estimate of drug-likeness (QED) is 0.277. The zero-order valence-corrected chi connectivity index (χ0v) is 19.7. The van der Waals surface area contributed by atoms with E-state index in [1.54, 1.807) is 13.2 Å². The third-order valence-electron chi connectivity index (χ3n) is 6.49. The van der Waals surface area contributed by atoms with Crippen LogP contribution >= 0.6 is 0 Å². The zero-order valence-electron chi connectivity index (χ0n) is 19.7. The number of ether oxygens (including phenoxy) is 1. The molecule has 37 heavy (non-hydrogen) atoms. The minimum absolute atomic E-state index is 0.599. The molecule has 0 aliphatic heterocycles. The average Bonchev–Trinajstić information content (AvgIpc) is 3.67. The first kappa shape index (κ1) is 20.9. The monoisotopic (exact) mass is 481 g/mol. The number of aromatic nitrogens is 6. The lowest BCUT2D eigenvalue weighted by Gasteiger charge is -2.00. The van der Waals surface area contributed by atoms with Gasteiger partial charge in [0.05, 0.1) is 51.8 Å². The van der Waals surface area contributed by atoms with E-state index in [1.165, 1.54) is 0 Å². The molecule has 0 saturated heterocycles. The SMILES string of the molecule is COc1ccc(-c2nc3ccc(-c4nc5ccc(-c6nc7ccc(C#N)cc7[nH]6)cc5[nH]4)cc3[nH]2)cc1. The number of fused-ring (bicyclic) bond motifs is 3. The lowest BCUT2D eigenvalue weighted by molar-refractivity contribution is 0.415. The van der Waals surface area contributed by atoms with Crippen molar-refractivity contribution in [3.8, 4) is 46.0 Å². The summed E-state index contributed by atoms with van der Waals surface area (Å²) in [4.78, 5) is 24.4. The second-order valence-corrected chi connectivity index (χ2v) is 8.79. The van der Waals surface area contributed by atoms with Crippen molar-refractivity contribution in [1.82, 2.24) is 29.9 Å². The van der Waals surface area contributed by atoms with Crippen LogP contribution in [0, 0.1) is 11.3 Å². The predicted octanol–water partition coefficient (Wildman–Crippen LogP) is 6.20. The molecule has 8 nitrogen and oxygen atoms in total. The van der Waals surface area contributed by atoms with Crippen molar-refractivity contribution in [1.29, 1.82) is 5.26 Å². The minimum Gasteiger partial charge on any atom is -0.497 e. The summed E-state index contributed by atoms with van der Waals surface area (Å²) in [5.41, 5.74) is 8.74. The van der Waals surface area contributed by atoms with Crippen molar-refractivity contribution in [3.63, 3.8) is 0 Å². The van der Waals surface area contributed by atoms with Gasteiger partial charge in [-0.3, -0.25) is 0 Å². The van der Waals surface area contributed by atoms with Crippen LogP contribution in [0.25, 0.3) is 67.3 Å². The fourth-order valence-corrected chi connectivity index (χ4v) is 4.55. The molecule has 176 valence electrons. The van der Waals surface area contributed by atoms with Crippen molar-refractivity contribution >= 4 is 33.1 Å². The van der Waals surface area contributed by atoms with Crippen LogP contribution in [0.3, 0.4) is 0 Å². The Kier molecular flexibility index (Phi) is 4.56. The van der Waals surface area contributed by atoms with E-state index >= 15 is 0 Å². The zero-order chi connectivity index (χ0) is 24.9. The van der Waals surface area contributed by atoms with Crippen LogP contribution in [0.5, 0.6) is 5.75 Å². The Morgan fingerprint density at radius 3 is 1.57 bits per heavy atom. The van der Waals surface area contributed by atoms with Gasteiger partial charge in [0.15, 0.2) is 0 Å². The summed E-state index contributed by atoms with van der Waals surface area (Å²) in [6.07, 6.45) is 0. The molecule has 3 heterocycles. The maximum atomic E-state index is 9.16. The summed E-state index contributed by atoms with van der Waals surface area (Å²) >= 11 is 0. The van der Waals surface area contributed by atoms with Gasteiger partial charge in [-0.1, -0.05) is 0 Å².